The van der Waals surface area contributed by atoms with Gasteiger partial charge >= 0.3 is 0 Å². The highest BCUT2D eigenvalue weighted by atomic mass is 32.1. The molecule has 11 nitrogen and oxygen atoms in total. The van der Waals surface area contributed by atoms with E-state index in [4.69, 9.17) is 0 Å². The Bertz CT molecular complexity index is 1490. The molecule has 0 aliphatic heterocycles. The van der Waals surface area contributed by atoms with Crippen molar-refractivity contribution in [1.29, 1.82) is 0 Å². The number of nitrogens with zero attached hydrogens (tertiary/aromatic N) is 9. The number of carbonyl (C=O) groups is 1. The molecular weight excluding hydrogens is 466 g/mol. The van der Waals surface area contributed by atoms with Gasteiger partial charge in [-0.05, 0) is 30.3 Å². The lowest BCUT2D eigenvalue weighted by atomic mass is 10.2. The van der Waals surface area contributed by atoms with Gasteiger partial charge in [-0.2, -0.15) is 4.68 Å². The van der Waals surface area contributed by atoms with Crippen LogP contribution in [0.2, 0.25) is 0 Å². The Hall–Kier alpha value is -4.20. The number of aromatic nitrogens is 9. The number of tetrazole rings is 1. The summed E-state index contributed by atoms with van der Waals surface area (Å²) in [6.07, 6.45) is 5.09. The third-order valence-corrected chi connectivity index (χ3v) is 5.81. The number of thiazole rings is 1. The van der Waals surface area contributed by atoms with Gasteiger partial charge in [-0.15, -0.1) is 16.4 Å². The average molecular weight is 482 g/mol. The number of nitrogens with one attached hydrogen (secondary N) is 1. The van der Waals surface area contributed by atoms with E-state index in [0.717, 1.165) is 15.3 Å². The van der Waals surface area contributed by atoms with Crippen LogP contribution in [-0.2, 0) is 6.54 Å². The molecule has 1 amide bonds. The van der Waals surface area contributed by atoms with E-state index in [2.05, 4.69) is 40.8 Å². The Kier molecular flexibility index (Phi) is 5.49. The van der Waals surface area contributed by atoms with E-state index in [0.29, 0.717) is 16.4 Å². The van der Waals surface area contributed by atoms with E-state index in [9.17, 15) is 13.6 Å². The van der Waals surface area contributed by atoms with Crippen molar-refractivity contribution in [2.45, 2.75) is 26.8 Å². The standard InChI is InChI=1S/C20H16F2N10OS/c1-10-4-24-13(6-23-10)7-26-19(33)12-3-14(32-18(16(21)22)28-29-30-32)17-25-8-15(31(17)9-12)20-27-5-11(2)34-20/h3-6,8-9,16H,7H2,1-2H3,(H,26,33). The number of aryl methyl sites for hydroxylation is 2. The van der Waals surface area contributed by atoms with Gasteiger partial charge in [0, 0.05) is 23.5 Å². The van der Waals surface area contributed by atoms with Gasteiger partial charge < -0.3 is 5.32 Å². The first-order valence-electron chi connectivity index (χ1n) is 9.97. The zero-order chi connectivity index (χ0) is 23.8. The van der Waals surface area contributed by atoms with Crippen LogP contribution in [0.4, 0.5) is 8.78 Å². The number of halogens is 2. The van der Waals surface area contributed by atoms with Gasteiger partial charge in [-0.1, -0.05) is 0 Å². The Balaban J connectivity index is 1.60. The molecule has 5 rings (SSSR count). The largest absolute Gasteiger partial charge is 0.346 e. The first-order valence-corrected chi connectivity index (χ1v) is 10.8. The fourth-order valence-electron chi connectivity index (χ4n) is 3.27. The molecular formula is C20H16F2N10OS. The molecule has 0 unspecified atom stereocenters. The Morgan fingerprint density at radius 1 is 1.12 bits per heavy atom. The lowest BCUT2D eigenvalue weighted by Crippen LogP contribution is -2.24. The number of imidazole rings is 1. The fraction of sp³-hybridized carbons (Fsp3) is 0.200. The summed E-state index contributed by atoms with van der Waals surface area (Å²) in [5.74, 6) is -1.11. The van der Waals surface area contributed by atoms with E-state index >= 15 is 0 Å². The van der Waals surface area contributed by atoms with Gasteiger partial charge in [-0.3, -0.25) is 19.2 Å². The second-order valence-electron chi connectivity index (χ2n) is 7.31. The molecule has 14 heteroatoms. The SMILES string of the molecule is Cc1cnc(CNC(=O)c2cc(-n3nnnc3C(F)F)c3ncc(-c4ncc(C)s4)n3c2)cn1. The van der Waals surface area contributed by atoms with Crippen LogP contribution in [-0.4, -0.2) is 50.5 Å². The van der Waals surface area contributed by atoms with Crippen molar-refractivity contribution in [1.82, 2.24) is 49.9 Å². The molecule has 0 bridgehead atoms. The highest BCUT2D eigenvalue weighted by Crippen LogP contribution is 2.29. The van der Waals surface area contributed by atoms with Crippen LogP contribution in [0.25, 0.3) is 22.0 Å². The molecule has 0 saturated heterocycles. The Labute approximate surface area is 194 Å². The quantitative estimate of drug-likeness (QED) is 0.391. The van der Waals surface area contributed by atoms with Crippen molar-refractivity contribution in [3.8, 4) is 16.4 Å². The summed E-state index contributed by atoms with van der Waals surface area (Å²) in [7, 11) is 0. The minimum Gasteiger partial charge on any atom is -0.346 e. The number of pyridine rings is 1. The molecule has 0 aliphatic carbocycles. The molecule has 0 fully saturated rings. The topological polar surface area (TPSA) is 129 Å². The first kappa shape index (κ1) is 21.6. The van der Waals surface area contributed by atoms with Crippen LogP contribution >= 0.6 is 11.3 Å². The van der Waals surface area contributed by atoms with Gasteiger partial charge in [0.05, 0.1) is 35.9 Å². The van der Waals surface area contributed by atoms with Crippen LogP contribution < -0.4 is 5.32 Å². The zero-order valence-corrected chi connectivity index (χ0v) is 18.7. The number of hydrogen-bond donors (Lipinski definition) is 1. The van der Waals surface area contributed by atoms with E-state index in [-0.39, 0.29) is 23.4 Å². The number of fused-ring (bicyclic) bond motifs is 1. The molecule has 0 aromatic carbocycles. The number of alkyl halides is 2. The molecule has 0 aliphatic rings. The van der Waals surface area contributed by atoms with Crippen molar-refractivity contribution < 1.29 is 13.6 Å². The number of amides is 1. The Morgan fingerprint density at radius 3 is 2.68 bits per heavy atom. The lowest BCUT2D eigenvalue weighted by Gasteiger charge is -2.11. The molecule has 34 heavy (non-hydrogen) atoms. The van der Waals surface area contributed by atoms with Gasteiger partial charge in [0.2, 0.25) is 5.82 Å². The summed E-state index contributed by atoms with van der Waals surface area (Å²) < 4.78 is 29.5. The van der Waals surface area contributed by atoms with Crippen LogP contribution in [0.1, 0.15) is 38.9 Å². The lowest BCUT2D eigenvalue weighted by molar-refractivity contribution is 0.0950. The summed E-state index contributed by atoms with van der Waals surface area (Å²) >= 11 is 1.44. The van der Waals surface area contributed by atoms with E-state index in [1.807, 2.05) is 13.8 Å². The van der Waals surface area contributed by atoms with Crippen molar-refractivity contribution in [2.75, 3.05) is 0 Å². The summed E-state index contributed by atoms with van der Waals surface area (Å²) in [4.78, 5) is 31.1. The maximum absolute atomic E-state index is 13.5. The Morgan fingerprint density at radius 2 is 1.97 bits per heavy atom. The highest BCUT2D eigenvalue weighted by Gasteiger charge is 2.23. The predicted molar refractivity (Wildman–Crippen MR) is 117 cm³/mol. The van der Waals surface area contributed by atoms with Crippen molar-refractivity contribution >= 4 is 22.9 Å². The van der Waals surface area contributed by atoms with Crippen LogP contribution in [0, 0.1) is 13.8 Å². The highest BCUT2D eigenvalue weighted by molar-refractivity contribution is 7.14. The molecule has 0 radical (unpaired) electrons. The maximum atomic E-state index is 13.5. The first-order chi connectivity index (χ1) is 16.4. The van der Waals surface area contributed by atoms with Crippen molar-refractivity contribution in [3.05, 3.63) is 64.7 Å². The number of carbonyl (C=O) groups excluding carboxylic acids is 1. The monoisotopic (exact) mass is 482 g/mol. The van der Waals surface area contributed by atoms with E-state index in [1.165, 1.54) is 17.4 Å². The zero-order valence-electron chi connectivity index (χ0n) is 17.8. The minimum atomic E-state index is -2.93. The molecule has 5 aromatic rings. The van der Waals surface area contributed by atoms with Gasteiger partial charge in [0.1, 0.15) is 16.4 Å². The molecule has 5 aromatic heterocycles. The smallest absolute Gasteiger partial charge is 0.299 e. The third-order valence-electron chi connectivity index (χ3n) is 4.87. The fourth-order valence-corrected chi connectivity index (χ4v) is 4.04. The predicted octanol–water partition coefficient (Wildman–Crippen LogP) is 2.71. The van der Waals surface area contributed by atoms with Crippen molar-refractivity contribution in [2.24, 2.45) is 0 Å². The number of hydrogen-bond acceptors (Lipinski definition) is 9. The summed E-state index contributed by atoms with van der Waals surface area (Å²) in [6, 6.07) is 1.41. The van der Waals surface area contributed by atoms with Crippen LogP contribution in [0.15, 0.2) is 37.1 Å². The minimum absolute atomic E-state index is 0.127. The van der Waals surface area contributed by atoms with Gasteiger partial charge in [0.25, 0.3) is 12.3 Å². The normalized spacial score (nSPS) is 11.4. The van der Waals surface area contributed by atoms with E-state index in [1.54, 1.807) is 35.4 Å². The molecule has 1 N–H and O–H groups in total. The maximum Gasteiger partial charge on any atom is 0.299 e. The average Bonchev–Trinajstić information content (AvgIpc) is 3.57. The van der Waals surface area contributed by atoms with Gasteiger partial charge in [0.15, 0.2) is 5.65 Å². The molecule has 0 atom stereocenters. The summed E-state index contributed by atoms with van der Waals surface area (Å²) in [5.41, 5.74) is 2.53. The second-order valence-corrected chi connectivity index (χ2v) is 8.54. The molecule has 0 spiro atoms. The van der Waals surface area contributed by atoms with Crippen LogP contribution in [0.5, 0.6) is 0 Å². The van der Waals surface area contributed by atoms with Crippen molar-refractivity contribution in [3.63, 3.8) is 0 Å². The summed E-state index contributed by atoms with van der Waals surface area (Å²) in [6.45, 7) is 3.86. The summed E-state index contributed by atoms with van der Waals surface area (Å²) in [5, 5.41) is 13.9. The van der Waals surface area contributed by atoms with Crippen LogP contribution in [0.3, 0.4) is 0 Å². The second kappa shape index (κ2) is 8.62. The molecule has 0 saturated carbocycles. The molecule has 172 valence electrons. The van der Waals surface area contributed by atoms with E-state index < -0.39 is 18.2 Å². The van der Waals surface area contributed by atoms with Gasteiger partial charge in [-0.25, -0.2) is 18.7 Å². The number of rotatable bonds is 6. The molecule has 5 heterocycles. The third kappa shape index (κ3) is 3.98.